The minimum Gasteiger partial charge on any atom is -0.389 e. The lowest BCUT2D eigenvalue weighted by Gasteiger charge is -2.43. The molecule has 2 aliphatic heterocycles. The largest absolute Gasteiger partial charge is 0.389 e. The van der Waals surface area contributed by atoms with Crippen LogP contribution in [0.2, 0.25) is 0 Å². The number of amides is 1. The van der Waals surface area contributed by atoms with Crippen molar-refractivity contribution in [1.82, 2.24) is 9.80 Å². The van der Waals surface area contributed by atoms with Gasteiger partial charge in [-0.2, -0.15) is 0 Å². The van der Waals surface area contributed by atoms with Crippen molar-refractivity contribution in [2.24, 2.45) is 5.92 Å². The summed E-state index contributed by atoms with van der Waals surface area (Å²) in [5.74, 6) is 1.14. The molecule has 1 N–H and O–H groups in total. The minimum atomic E-state index is -0.458. The number of rotatable bonds is 3. The van der Waals surface area contributed by atoms with Gasteiger partial charge in [-0.3, -0.25) is 4.79 Å². The molecule has 1 saturated carbocycles. The maximum Gasteiger partial charge on any atom is 0.222 e. The van der Waals surface area contributed by atoms with Gasteiger partial charge >= 0.3 is 0 Å². The first-order chi connectivity index (χ1) is 10.6. The van der Waals surface area contributed by atoms with Crippen LogP contribution >= 0.6 is 0 Å². The van der Waals surface area contributed by atoms with Gasteiger partial charge in [-0.15, -0.1) is 0 Å². The summed E-state index contributed by atoms with van der Waals surface area (Å²) in [5, 5.41) is 10.8. The number of carbonyl (C=O) groups is 1. The van der Waals surface area contributed by atoms with Crippen molar-refractivity contribution in [1.29, 1.82) is 0 Å². The zero-order chi connectivity index (χ0) is 15.6. The molecule has 3 fully saturated rings. The predicted octanol–water partition coefficient (Wildman–Crippen LogP) is 2.40. The summed E-state index contributed by atoms with van der Waals surface area (Å²) in [6.45, 7) is 6.16. The Hall–Kier alpha value is -0.610. The number of hydrogen-bond donors (Lipinski definition) is 1. The van der Waals surface area contributed by atoms with Crippen molar-refractivity contribution < 1.29 is 9.90 Å². The van der Waals surface area contributed by atoms with Gasteiger partial charge < -0.3 is 14.9 Å². The summed E-state index contributed by atoms with van der Waals surface area (Å²) in [6.07, 6.45) is 9.39. The quantitative estimate of drug-likeness (QED) is 0.871. The van der Waals surface area contributed by atoms with Crippen molar-refractivity contribution in [2.45, 2.75) is 76.4 Å². The molecule has 0 spiro atoms. The van der Waals surface area contributed by atoms with Crippen molar-refractivity contribution in [2.75, 3.05) is 26.2 Å². The molecule has 4 heteroatoms. The Bertz CT molecular complexity index is 383. The highest BCUT2D eigenvalue weighted by Gasteiger charge is 2.36. The van der Waals surface area contributed by atoms with Gasteiger partial charge in [0.05, 0.1) is 5.60 Å². The van der Waals surface area contributed by atoms with E-state index in [4.69, 9.17) is 0 Å². The Morgan fingerprint density at radius 1 is 1.09 bits per heavy atom. The average Bonchev–Trinajstić information content (AvgIpc) is 2.52. The number of β-amino-alcohol motifs (C(OH)–C–C–N with tert-alkyl or cyclic N) is 1. The topological polar surface area (TPSA) is 43.8 Å². The molecule has 0 bridgehead atoms. The molecule has 0 radical (unpaired) electrons. The third kappa shape index (κ3) is 3.83. The van der Waals surface area contributed by atoms with E-state index in [2.05, 4.69) is 16.7 Å². The molecule has 4 nitrogen and oxygen atoms in total. The number of hydrogen-bond acceptors (Lipinski definition) is 3. The van der Waals surface area contributed by atoms with E-state index in [0.717, 1.165) is 83.5 Å². The molecule has 126 valence electrons. The van der Waals surface area contributed by atoms with Gasteiger partial charge in [0.25, 0.3) is 0 Å². The van der Waals surface area contributed by atoms with Crippen LogP contribution in [-0.2, 0) is 4.79 Å². The van der Waals surface area contributed by atoms with Crippen molar-refractivity contribution in [3.05, 3.63) is 0 Å². The van der Waals surface area contributed by atoms with Gasteiger partial charge in [-0.1, -0.05) is 6.92 Å². The van der Waals surface area contributed by atoms with Gasteiger partial charge in [0.2, 0.25) is 5.91 Å². The Morgan fingerprint density at radius 2 is 1.77 bits per heavy atom. The SMILES string of the molecule is CC1CCC(O)(CN2CCC(N3CCCCC3=O)CC2)CC1. The zero-order valence-corrected chi connectivity index (χ0v) is 14.1. The summed E-state index contributed by atoms with van der Waals surface area (Å²) < 4.78 is 0. The molecule has 1 amide bonds. The third-order valence-corrected chi connectivity index (χ3v) is 6.08. The maximum absolute atomic E-state index is 12.0. The van der Waals surface area contributed by atoms with Crippen LogP contribution in [0.25, 0.3) is 0 Å². The van der Waals surface area contributed by atoms with E-state index in [-0.39, 0.29) is 0 Å². The summed E-state index contributed by atoms with van der Waals surface area (Å²) >= 11 is 0. The molecule has 3 rings (SSSR count). The first-order valence-corrected chi connectivity index (χ1v) is 9.30. The van der Waals surface area contributed by atoms with Crippen molar-refractivity contribution >= 4 is 5.91 Å². The van der Waals surface area contributed by atoms with Gasteiger partial charge in [-0.25, -0.2) is 0 Å². The average molecular weight is 308 g/mol. The first-order valence-electron chi connectivity index (χ1n) is 9.30. The van der Waals surface area contributed by atoms with Crippen LogP contribution in [0.4, 0.5) is 0 Å². The zero-order valence-electron chi connectivity index (χ0n) is 14.1. The molecule has 0 aromatic rings. The molecule has 0 atom stereocenters. The van der Waals surface area contributed by atoms with Crippen LogP contribution in [0.15, 0.2) is 0 Å². The monoisotopic (exact) mass is 308 g/mol. The van der Waals surface area contributed by atoms with E-state index >= 15 is 0 Å². The summed E-state index contributed by atoms with van der Waals surface area (Å²) in [5.41, 5.74) is -0.458. The maximum atomic E-state index is 12.0. The van der Waals surface area contributed by atoms with E-state index < -0.39 is 5.60 Å². The fourth-order valence-corrected chi connectivity index (χ4v) is 4.48. The molecule has 3 aliphatic rings. The van der Waals surface area contributed by atoms with E-state index in [9.17, 15) is 9.90 Å². The predicted molar refractivity (Wildman–Crippen MR) is 87.6 cm³/mol. The number of piperidine rings is 2. The van der Waals surface area contributed by atoms with Crippen LogP contribution < -0.4 is 0 Å². The van der Waals surface area contributed by atoms with Crippen LogP contribution in [0.1, 0.15) is 64.7 Å². The number of carbonyl (C=O) groups excluding carboxylic acids is 1. The standard InChI is InChI=1S/C18H32N2O2/c1-15-5-9-18(22,10-6-15)14-19-12-7-16(8-13-19)20-11-3-2-4-17(20)21/h15-16,22H,2-14H2,1H3. The molecule has 2 heterocycles. The van der Waals surface area contributed by atoms with E-state index in [0.29, 0.717) is 11.9 Å². The van der Waals surface area contributed by atoms with E-state index in [1.165, 1.54) is 6.42 Å². The van der Waals surface area contributed by atoms with Crippen LogP contribution in [0.3, 0.4) is 0 Å². The summed E-state index contributed by atoms with van der Waals surface area (Å²) in [6, 6.07) is 0.449. The van der Waals surface area contributed by atoms with Crippen molar-refractivity contribution in [3.63, 3.8) is 0 Å². The number of likely N-dealkylation sites (tertiary alicyclic amines) is 2. The highest BCUT2D eigenvalue weighted by Crippen LogP contribution is 2.33. The van der Waals surface area contributed by atoms with Crippen molar-refractivity contribution in [3.8, 4) is 0 Å². The molecule has 0 unspecified atom stereocenters. The van der Waals surface area contributed by atoms with Crippen LogP contribution in [-0.4, -0.2) is 58.6 Å². The normalized spacial score (nSPS) is 35.8. The lowest BCUT2D eigenvalue weighted by molar-refractivity contribution is -0.137. The van der Waals surface area contributed by atoms with Crippen LogP contribution in [0, 0.1) is 5.92 Å². The van der Waals surface area contributed by atoms with Crippen LogP contribution in [0.5, 0.6) is 0 Å². The highest BCUT2D eigenvalue weighted by atomic mass is 16.3. The molecule has 2 saturated heterocycles. The minimum absolute atomic E-state index is 0.365. The summed E-state index contributed by atoms with van der Waals surface area (Å²) in [7, 11) is 0. The molecule has 22 heavy (non-hydrogen) atoms. The summed E-state index contributed by atoms with van der Waals surface area (Å²) in [4.78, 5) is 16.6. The molecular formula is C18H32N2O2. The second-order valence-corrected chi connectivity index (χ2v) is 7.96. The molecule has 0 aromatic carbocycles. The Morgan fingerprint density at radius 3 is 2.41 bits per heavy atom. The molecule has 1 aliphatic carbocycles. The van der Waals surface area contributed by atoms with Gasteiger partial charge in [0.1, 0.15) is 0 Å². The molecular weight excluding hydrogens is 276 g/mol. The second kappa shape index (κ2) is 6.88. The van der Waals surface area contributed by atoms with E-state index in [1.54, 1.807) is 0 Å². The van der Waals surface area contributed by atoms with Gasteiger partial charge in [-0.05, 0) is 57.3 Å². The van der Waals surface area contributed by atoms with Gasteiger partial charge in [0.15, 0.2) is 0 Å². The van der Waals surface area contributed by atoms with E-state index in [1.807, 2.05) is 0 Å². The number of aliphatic hydroxyl groups is 1. The third-order valence-electron chi connectivity index (χ3n) is 6.08. The lowest BCUT2D eigenvalue weighted by Crippen LogP contribution is -2.52. The van der Waals surface area contributed by atoms with Gasteiger partial charge in [0, 0.05) is 38.6 Å². The second-order valence-electron chi connectivity index (χ2n) is 7.96. The lowest BCUT2D eigenvalue weighted by atomic mass is 9.79. The highest BCUT2D eigenvalue weighted by molar-refractivity contribution is 5.77. The fraction of sp³-hybridized carbons (Fsp3) is 0.944. The Balaban J connectivity index is 1.46. The number of nitrogens with zero attached hydrogens (tertiary/aromatic N) is 2. The fourth-order valence-electron chi connectivity index (χ4n) is 4.48. The Labute approximate surface area is 134 Å². The smallest absolute Gasteiger partial charge is 0.222 e. The molecule has 0 aromatic heterocycles. The Kier molecular flexibility index (Phi) is 5.08. The first kappa shape index (κ1) is 16.3.